The van der Waals surface area contributed by atoms with E-state index in [1.165, 1.54) is 23.1 Å². The van der Waals surface area contributed by atoms with E-state index in [0.29, 0.717) is 27.6 Å². The number of hydrogen-bond acceptors (Lipinski definition) is 9. The summed E-state index contributed by atoms with van der Waals surface area (Å²) < 4.78 is 8.42. The van der Waals surface area contributed by atoms with E-state index in [1.54, 1.807) is 29.0 Å². The van der Waals surface area contributed by atoms with Crippen molar-refractivity contribution in [1.82, 2.24) is 29.8 Å². The van der Waals surface area contributed by atoms with Gasteiger partial charge in [-0.05, 0) is 48.2 Å². The molecule has 0 saturated carbocycles. The van der Waals surface area contributed by atoms with Gasteiger partial charge in [-0.1, -0.05) is 11.3 Å². The SMILES string of the molecule is Nc1nc2ccc(Sc3nnc4ccc(Oc5cccnc5)nn34)cc2s1. The van der Waals surface area contributed by atoms with E-state index in [4.69, 9.17) is 10.5 Å². The maximum absolute atomic E-state index is 5.78. The molecular weight excluding hydrogens is 382 g/mol. The molecule has 0 bridgehead atoms. The highest BCUT2D eigenvalue weighted by Gasteiger charge is 2.12. The van der Waals surface area contributed by atoms with Gasteiger partial charge in [0.05, 0.1) is 16.4 Å². The predicted molar refractivity (Wildman–Crippen MR) is 103 cm³/mol. The van der Waals surface area contributed by atoms with E-state index >= 15 is 0 Å². The second-order valence-corrected chi connectivity index (χ2v) is 7.60. The minimum atomic E-state index is 0.433. The molecule has 1 aromatic carbocycles. The molecule has 27 heavy (non-hydrogen) atoms. The second-order valence-electron chi connectivity index (χ2n) is 5.50. The molecule has 0 aliphatic carbocycles. The van der Waals surface area contributed by atoms with Crippen molar-refractivity contribution in [2.24, 2.45) is 0 Å². The van der Waals surface area contributed by atoms with E-state index in [-0.39, 0.29) is 0 Å². The lowest BCUT2D eigenvalue weighted by Gasteiger charge is -2.04. The van der Waals surface area contributed by atoms with Gasteiger partial charge in [0.25, 0.3) is 0 Å². The molecule has 4 heterocycles. The Morgan fingerprint density at radius 1 is 1.11 bits per heavy atom. The number of pyridine rings is 1. The summed E-state index contributed by atoms with van der Waals surface area (Å²) in [6, 6.07) is 13.1. The van der Waals surface area contributed by atoms with Crippen molar-refractivity contribution in [3.63, 3.8) is 0 Å². The Morgan fingerprint density at radius 3 is 2.96 bits per heavy atom. The van der Waals surface area contributed by atoms with Crippen LogP contribution in [-0.2, 0) is 0 Å². The molecule has 4 aromatic heterocycles. The Hall–Kier alpha value is -3.24. The van der Waals surface area contributed by atoms with Crippen molar-refractivity contribution in [3.8, 4) is 11.6 Å². The number of aromatic nitrogens is 6. The topological polar surface area (TPSA) is 104 Å². The van der Waals surface area contributed by atoms with E-state index in [9.17, 15) is 0 Å². The molecule has 5 aromatic rings. The summed E-state index contributed by atoms with van der Waals surface area (Å²) in [5.74, 6) is 1.04. The first-order valence-electron chi connectivity index (χ1n) is 7.89. The van der Waals surface area contributed by atoms with Crippen LogP contribution >= 0.6 is 23.1 Å². The monoisotopic (exact) mass is 393 g/mol. The van der Waals surface area contributed by atoms with Gasteiger partial charge in [-0.25, -0.2) is 4.98 Å². The van der Waals surface area contributed by atoms with Gasteiger partial charge < -0.3 is 10.5 Å². The predicted octanol–water partition coefficient (Wildman–Crippen LogP) is 3.65. The maximum atomic E-state index is 5.78. The fourth-order valence-electron chi connectivity index (χ4n) is 2.49. The minimum Gasteiger partial charge on any atom is -0.436 e. The van der Waals surface area contributed by atoms with Crippen LogP contribution in [0.1, 0.15) is 0 Å². The van der Waals surface area contributed by atoms with Crippen molar-refractivity contribution in [1.29, 1.82) is 0 Å². The normalized spacial score (nSPS) is 11.3. The number of ether oxygens (including phenoxy) is 1. The minimum absolute atomic E-state index is 0.433. The van der Waals surface area contributed by atoms with Crippen molar-refractivity contribution >= 4 is 44.1 Å². The number of nitrogen functional groups attached to an aromatic ring is 1. The zero-order chi connectivity index (χ0) is 18.2. The first kappa shape index (κ1) is 16.0. The number of anilines is 1. The number of hydrogen-bond donors (Lipinski definition) is 1. The highest BCUT2D eigenvalue weighted by atomic mass is 32.2. The molecule has 0 spiro atoms. The fourth-order valence-corrected chi connectivity index (χ4v) is 4.16. The summed E-state index contributed by atoms with van der Waals surface area (Å²) in [7, 11) is 0. The van der Waals surface area contributed by atoms with Crippen LogP contribution in [0.4, 0.5) is 5.13 Å². The van der Waals surface area contributed by atoms with Crippen LogP contribution in [0.15, 0.2) is 64.9 Å². The van der Waals surface area contributed by atoms with Gasteiger partial charge in [0.15, 0.2) is 10.8 Å². The summed E-state index contributed by atoms with van der Waals surface area (Å²) in [4.78, 5) is 9.31. The Morgan fingerprint density at radius 2 is 2.07 bits per heavy atom. The highest BCUT2D eigenvalue weighted by molar-refractivity contribution is 7.99. The molecule has 2 N–H and O–H groups in total. The lowest BCUT2D eigenvalue weighted by molar-refractivity contribution is 0.447. The molecule has 0 amide bonds. The van der Waals surface area contributed by atoms with Crippen LogP contribution in [0, 0.1) is 0 Å². The quantitative estimate of drug-likeness (QED) is 0.493. The largest absolute Gasteiger partial charge is 0.436 e. The zero-order valence-corrected chi connectivity index (χ0v) is 15.3. The molecule has 0 atom stereocenters. The molecule has 10 heteroatoms. The average Bonchev–Trinajstić information content (AvgIpc) is 3.25. The van der Waals surface area contributed by atoms with Crippen molar-refractivity contribution in [2.75, 3.05) is 5.73 Å². The lowest BCUT2D eigenvalue weighted by Crippen LogP contribution is -1.97. The van der Waals surface area contributed by atoms with E-state index in [1.807, 2.05) is 30.3 Å². The number of nitrogens with two attached hydrogens (primary N) is 1. The Bertz CT molecular complexity index is 1250. The maximum Gasteiger partial charge on any atom is 0.237 e. The summed E-state index contributed by atoms with van der Waals surface area (Å²) in [5, 5.41) is 14.1. The molecular formula is C17H11N7OS2. The lowest BCUT2D eigenvalue weighted by atomic mass is 10.3. The average molecular weight is 393 g/mol. The van der Waals surface area contributed by atoms with Gasteiger partial charge in [0.1, 0.15) is 5.75 Å². The van der Waals surface area contributed by atoms with Crippen molar-refractivity contribution in [3.05, 3.63) is 54.9 Å². The third-order valence-corrected chi connectivity index (χ3v) is 5.43. The van der Waals surface area contributed by atoms with Crippen LogP contribution in [0.2, 0.25) is 0 Å². The molecule has 0 aliphatic heterocycles. The molecule has 0 aliphatic rings. The van der Waals surface area contributed by atoms with Gasteiger partial charge in [-0.15, -0.1) is 15.3 Å². The van der Waals surface area contributed by atoms with Gasteiger partial charge in [0.2, 0.25) is 11.0 Å². The van der Waals surface area contributed by atoms with Crippen molar-refractivity contribution < 1.29 is 4.74 Å². The number of nitrogens with zero attached hydrogens (tertiary/aromatic N) is 6. The van der Waals surface area contributed by atoms with Crippen LogP contribution in [0.3, 0.4) is 0 Å². The van der Waals surface area contributed by atoms with Crippen LogP contribution in [0.25, 0.3) is 15.9 Å². The van der Waals surface area contributed by atoms with Crippen LogP contribution in [0.5, 0.6) is 11.6 Å². The number of rotatable bonds is 4. The van der Waals surface area contributed by atoms with Gasteiger partial charge in [-0.3, -0.25) is 4.98 Å². The third-order valence-electron chi connectivity index (χ3n) is 3.65. The van der Waals surface area contributed by atoms with Crippen LogP contribution in [-0.4, -0.2) is 29.8 Å². The first-order chi connectivity index (χ1) is 13.2. The molecule has 0 fully saturated rings. The number of thiazole rings is 1. The second kappa shape index (κ2) is 6.49. The van der Waals surface area contributed by atoms with Gasteiger partial charge in [-0.2, -0.15) is 4.52 Å². The third kappa shape index (κ3) is 3.15. The standard InChI is InChI=1S/C17H11N7OS2/c18-16-20-12-4-3-11(8-13(12)27-16)26-17-22-21-14-5-6-15(23-24(14)17)25-10-2-1-7-19-9-10/h1-9H,(H2,18,20). The molecule has 0 unspecified atom stereocenters. The smallest absolute Gasteiger partial charge is 0.237 e. The fraction of sp³-hybridized carbons (Fsp3) is 0. The van der Waals surface area contributed by atoms with E-state index in [2.05, 4.69) is 25.3 Å². The summed E-state index contributed by atoms with van der Waals surface area (Å²) >= 11 is 2.92. The summed E-state index contributed by atoms with van der Waals surface area (Å²) in [6.07, 6.45) is 3.31. The summed E-state index contributed by atoms with van der Waals surface area (Å²) in [5.41, 5.74) is 7.30. The zero-order valence-electron chi connectivity index (χ0n) is 13.7. The number of fused-ring (bicyclic) bond motifs is 2. The van der Waals surface area contributed by atoms with Crippen molar-refractivity contribution in [2.45, 2.75) is 10.1 Å². The van der Waals surface area contributed by atoms with Gasteiger partial charge in [0, 0.05) is 17.2 Å². The Kier molecular flexibility index (Phi) is 3.84. The highest BCUT2D eigenvalue weighted by Crippen LogP contribution is 2.32. The molecule has 132 valence electrons. The summed E-state index contributed by atoms with van der Waals surface area (Å²) in [6.45, 7) is 0. The van der Waals surface area contributed by atoms with Crippen LogP contribution < -0.4 is 10.5 Å². The first-order valence-corrected chi connectivity index (χ1v) is 9.52. The number of benzene rings is 1. The molecule has 8 nitrogen and oxygen atoms in total. The molecule has 0 saturated heterocycles. The van der Waals surface area contributed by atoms with E-state index < -0.39 is 0 Å². The Balaban J connectivity index is 1.47. The molecule has 5 rings (SSSR count). The Labute approximate surface area is 161 Å². The van der Waals surface area contributed by atoms with Gasteiger partial charge >= 0.3 is 0 Å². The van der Waals surface area contributed by atoms with E-state index in [0.717, 1.165) is 15.1 Å². The molecule has 0 radical (unpaired) electrons.